The fourth-order valence-electron chi connectivity index (χ4n) is 6.86. The van der Waals surface area contributed by atoms with Crippen molar-refractivity contribution < 1.29 is 23.4 Å². The molecule has 3 fully saturated rings. The number of phenolic OH excluding ortho intramolecular Hbond substituents is 1. The number of benzene rings is 2. The van der Waals surface area contributed by atoms with Crippen LogP contribution in [0.15, 0.2) is 42.5 Å². The molecule has 3 N–H and O–H groups in total. The number of methoxy groups -OCH3 is 2. The van der Waals surface area contributed by atoms with Gasteiger partial charge in [0, 0.05) is 64.0 Å². The van der Waals surface area contributed by atoms with Crippen LogP contribution in [0.3, 0.4) is 0 Å². The van der Waals surface area contributed by atoms with Crippen LogP contribution in [0.5, 0.6) is 5.75 Å². The molecule has 3 aliphatic heterocycles. The van der Waals surface area contributed by atoms with Gasteiger partial charge in [0.1, 0.15) is 17.3 Å². The third kappa shape index (κ3) is 5.01. The molecule has 4 heterocycles. The summed E-state index contributed by atoms with van der Waals surface area (Å²) in [4.78, 5) is 6.11. The van der Waals surface area contributed by atoms with Crippen LogP contribution in [0.25, 0.3) is 11.3 Å². The van der Waals surface area contributed by atoms with Crippen LogP contribution in [0, 0.1) is 17.6 Å². The van der Waals surface area contributed by atoms with Gasteiger partial charge in [-0.2, -0.15) is 0 Å². The Kier molecular flexibility index (Phi) is 7.56. The van der Waals surface area contributed by atoms with Gasteiger partial charge in [0.25, 0.3) is 0 Å². The lowest BCUT2D eigenvalue weighted by molar-refractivity contribution is -0.141. The van der Waals surface area contributed by atoms with Crippen molar-refractivity contribution in [2.24, 2.45) is 5.92 Å². The van der Waals surface area contributed by atoms with Crippen molar-refractivity contribution in [2.45, 2.75) is 44.1 Å². The first kappa shape index (κ1) is 27.5. The molecule has 2 atom stereocenters. The molecule has 0 saturated carbocycles. The first-order valence-electron chi connectivity index (χ1n) is 14.1. The number of nitrogens with zero attached hydrogens (tertiary/aromatic N) is 5. The number of phenols is 1. The number of nitrogen functional groups attached to an aromatic ring is 1. The van der Waals surface area contributed by atoms with Crippen LogP contribution in [-0.2, 0) is 9.47 Å². The number of hydrogen-bond donors (Lipinski definition) is 2. The zero-order valence-corrected chi connectivity index (χ0v) is 23.3. The maximum absolute atomic E-state index is 16.2. The summed E-state index contributed by atoms with van der Waals surface area (Å²) in [6.07, 6.45) is 2.91. The molecule has 3 aliphatic rings. The van der Waals surface area contributed by atoms with E-state index in [1.54, 1.807) is 38.5 Å². The standard InChI is InChI=1S/C30H36F2N6O3/c1-40-30(41-2)18-11-13-36(14-12-18)28-22(31)9-10-24(27(28)32)38-19-7-8-20(38)17-37(16-19)25-15-23(34-35-29(25)33)21-5-3-4-6-26(21)39/h3-6,9-10,15,18-20,30,39H,7-8,11-14,16-17H2,1-2H3,(H2,33,35). The van der Waals surface area contributed by atoms with Crippen LogP contribution in [-0.4, -0.2) is 74.1 Å². The third-order valence-corrected chi connectivity index (χ3v) is 8.83. The SMILES string of the molecule is COC(OC)C1CCN(c2c(F)ccc(N3C4CCC3CN(c3cc(-c5ccccc5O)nnc3N)C4)c2F)CC1. The topological polar surface area (TPSA) is 100 Å². The summed E-state index contributed by atoms with van der Waals surface area (Å²) in [7, 11) is 3.23. The Bertz CT molecular complexity index is 1380. The number of anilines is 4. The number of ether oxygens (including phenoxy) is 2. The second-order valence-corrected chi connectivity index (χ2v) is 11.1. The Labute approximate surface area is 238 Å². The zero-order valence-electron chi connectivity index (χ0n) is 23.3. The van der Waals surface area contributed by atoms with Crippen LogP contribution in [0.1, 0.15) is 25.7 Å². The second kappa shape index (κ2) is 11.3. The summed E-state index contributed by atoms with van der Waals surface area (Å²) < 4.78 is 42.1. The average Bonchev–Trinajstić information content (AvgIpc) is 3.23. The lowest BCUT2D eigenvalue weighted by atomic mass is 9.95. The van der Waals surface area contributed by atoms with Crippen molar-refractivity contribution in [1.82, 2.24) is 10.2 Å². The van der Waals surface area contributed by atoms with E-state index in [0.29, 0.717) is 48.9 Å². The van der Waals surface area contributed by atoms with Gasteiger partial charge in [-0.3, -0.25) is 0 Å². The molecule has 0 aliphatic carbocycles. The monoisotopic (exact) mass is 566 g/mol. The third-order valence-electron chi connectivity index (χ3n) is 8.83. The van der Waals surface area contributed by atoms with Crippen molar-refractivity contribution in [3.05, 3.63) is 54.1 Å². The number of hydrogen-bond acceptors (Lipinski definition) is 9. The maximum atomic E-state index is 16.2. The molecule has 0 radical (unpaired) electrons. The number of aromatic nitrogens is 2. The van der Waals surface area contributed by atoms with E-state index in [2.05, 4.69) is 20.0 Å². The highest BCUT2D eigenvalue weighted by molar-refractivity contribution is 5.75. The van der Waals surface area contributed by atoms with E-state index in [4.69, 9.17) is 15.2 Å². The number of para-hydroxylation sites is 1. The molecule has 9 nitrogen and oxygen atoms in total. The number of nitrogens with two attached hydrogens (primary N) is 1. The highest BCUT2D eigenvalue weighted by Crippen LogP contribution is 2.42. The Balaban J connectivity index is 1.23. The van der Waals surface area contributed by atoms with Gasteiger partial charge in [-0.15, -0.1) is 10.2 Å². The lowest BCUT2D eigenvalue weighted by Crippen LogP contribution is -2.54. The minimum absolute atomic E-state index is 0.0256. The number of rotatable bonds is 7. The molecule has 1 aromatic heterocycles. The van der Waals surface area contributed by atoms with Crippen molar-refractivity contribution in [3.63, 3.8) is 0 Å². The van der Waals surface area contributed by atoms with Crippen LogP contribution in [0.2, 0.25) is 0 Å². The van der Waals surface area contributed by atoms with E-state index in [-0.39, 0.29) is 35.7 Å². The molecule has 2 unspecified atom stereocenters. The largest absolute Gasteiger partial charge is 0.507 e. The molecule has 218 valence electrons. The van der Waals surface area contributed by atoms with Crippen molar-refractivity contribution >= 4 is 22.9 Å². The molecule has 2 bridgehead atoms. The van der Waals surface area contributed by atoms with Gasteiger partial charge in [0.2, 0.25) is 0 Å². The highest BCUT2D eigenvalue weighted by atomic mass is 19.1. The number of fused-ring (bicyclic) bond motifs is 2. The zero-order chi connectivity index (χ0) is 28.7. The summed E-state index contributed by atoms with van der Waals surface area (Å²) in [5.74, 6) is -0.443. The smallest absolute Gasteiger partial charge is 0.172 e. The normalized spacial score (nSPS) is 21.2. The summed E-state index contributed by atoms with van der Waals surface area (Å²) in [6.45, 7) is 2.28. The molecule has 2 aromatic carbocycles. The fourth-order valence-corrected chi connectivity index (χ4v) is 6.86. The van der Waals surface area contributed by atoms with Gasteiger partial charge in [0.15, 0.2) is 17.9 Å². The molecule has 0 amide bonds. The van der Waals surface area contributed by atoms with Gasteiger partial charge < -0.3 is 35.0 Å². The molecule has 6 rings (SSSR count). The molecule has 3 saturated heterocycles. The van der Waals surface area contributed by atoms with Crippen molar-refractivity contribution in [3.8, 4) is 17.0 Å². The number of piperazine rings is 1. The number of halogens is 2. The minimum atomic E-state index is -0.543. The van der Waals surface area contributed by atoms with Crippen LogP contribution >= 0.6 is 0 Å². The summed E-state index contributed by atoms with van der Waals surface area (Å²) >= 11 is 0. The number of aromatic hydroxyl groups is 1. The van der Waals surface area contributed by atoms with Gasteiger partial charge in [0.05, 0.1) is 17.1 Å². The van der Waals surface area contributed by atoms with Gasteiger partial charge in [-0.05, 0) is 56.0 Å². The summed E-state index contributed by atoms with van der Waals surface area (Å²) in [5.41, 5.74) is 8.60. The summed E-state index contributed by atoms with van der Waals surface area (Å²) in [5, 5.41) is 18.7. The molecule has 41 heavy (non-hydrogen) atoms. The van der Waals surface area contributed by atoms with E-state index < -0.39 is 11.6 Å². The fraction of sp³-hybridized carbons (Fsp3) is 0.467. The van der Waals surface area contributed by atoms with E-state index in [0.717, 1.165) is 31.4 Å². The van der Waals surface area contributed by atoms with E-state index >= 15 is 8.78 Å². The van der Waals surface area contributed by atoms with Crippen LogP contribution in [0.4, 0.5) is 31.7 Å². The average molecular weight is 567 g/mol. The minimum Gasteiger partial charge on any atom is -0.507 e. The highest BCUT2D eigenvalue weighted by Gasteiger charge is 2.42. The van der Waals surface area contributed by atoms with Gasteiger partial charge >= 0.3 is 0 Å². The first-order chi connectivity index (χ1) is 19.9. The first-order valence-corrected chi connectivity index (χ1v) is 14.1. The number of piperidine rings is 1. The predicted octanol–water partition coefficient (Wildman–Crippen LogP) is 4.40. The Morgan fingerprint density at radius 2 is 1.59 bits per heavy atom. The molecular formula is C30H36F2N6O3. The summed E-state index contributed by atoms with van der Waals surface area (Å²) in [6, 6.07) is 11.8. The Morgan fingerprint density at radius 3 is 2.24 bits per heavy atom. The van der Waals surface area contributed by atoms with Gasteiger partial charge in [-0.25, -0.2) is 8.78 Å². The predicted molar refractivity (Wildman–Crippen MR) is 154 cm³/mol. The Hall–Kier alpha value is -3.70. The quantitative estimate of drug-likeness (QED) is 0.403. The Morgan fingerprint density at radius 1 is 0.902 bits per heavy atom. The van der Waals surface area contributed by atoms with Crippen LogP contribution < -0.4 is 20.4 Å². The van der Waals surface area contributed by atoms with Crippen molar-refractivity contribution in [2.75, 3.05) is 60.8 Å². The maximum Gasteiger partial charge on any atom is 0.172 e. The van der Waals surface area contributed by atoms with E-state index in [9.17, 15) is 5.11 Å². The molecule has 3 aromatic rings. The molecule has 0 spiro atoms. The van der Waals surface area contributed by atoms with Crippen molar-refractivity contribution in [1.29, 1.82) is 0 Å². The second-order valence-electron chi connectivity index (χ2n) is 11.1. The lowest BCUT2D eigenvalue weighted by Gasteiger charge is -2.44. The van der Waals surface area contributed by atoms with E-state index in [1.165, 1.54) is 6.07 Å². The molecule has 11 heteroatoms. The van der Waals surface area contributed by atoms with Gasteiger partial charge in [-0.1, -0.05) is 12.1 Å². The van der Waals surface area contributed by atoms with E-state index in [1.807, 2.05) is 17.0 Å². The molecular weight excluding hydrogens is 530 g/mol.